The van der Waals surface area contributed by atoms with Crippen LogP contribution in [0.15, 0.2) is 18.2 Å². The van der Waals surface area contributed by atoms with Gasteiger partial charge >= 0.3 is 6.18 Å². The van der Waals surface area contributed by atoms with Gasteiger partial charge in [-0.15, -0.1) is 0 Å². The van der Waals surface area contributed by atoms with E-state index in [9.17, 15) is 27.9 Å². The number of aliphatic hydroxyl groups excluding tert-OH is 1. The highest BCUT2D eigenvalue weighted by Crippen LogP contribution is 2.31. The third-order valence-corrected chi connectivity index (χ3v) is 5.23. The molecule has 0 bridgehead atoms. The van der Waals surface area contributed by atoms with Crippen LogP contribution in [0.1, 0.15) is 39.2 Å². The van der Waals surface area contributed by atoms with Crippen LogP contribution in [0.4, 0.5) is 18.9 Å². The average molecular weight is 451 g/mol. The number of aliphatic hydroxyl groups is 1. The Hall–Kier alpha value is -1.84. The summed E-state index contributed by atoms with van der Waals surface area (Å²) < 4.78 is 43.2. The lowest BCUT2D eigenvalue weighted by molar-refractivity contribution is -0.205. The van der Waals surface area contributed by atoms with E-state index in [-0.39, 0.29) is 5.41 Å². The van der Waals surface area contributed by atoms with E-state index in [4.69, 9.17) is 16.3 Å². The minimum absolute atomic E-state index is 0.216. The van der Waals surface area contributed by atoms with E-state index in [2.05, 4.69) is 10.6 Å². The van der Waals surface area contributed by atoms with Crippen molar-refractivity contribution in [3.63, 3.8) is 0 Å². The maximum absolute atomic E-state index is 12.8. The molecule has 0 aromatic heterocycles. The molecule has 1 unspecified atom stereocenters. The molecule has 1 saturated heterocycles. The van der Waals surface area contributed by atoms with Crippen molar-refractivity contribution in [2.45, 2.75) is 57.3 Å². The van der Waals surface area contributed by atoms with E-state index in [0.29, 0.717) is 36.8 Å². The molecule has 2 amide bonds. The van der Waals surface area contributed by atoms with Crippen molar-refractivity contribution in [2.75, 3.05) is 18.5 Å². The number of amides is 2. The summed E-state index contributed by atoms with van der Waals surface area (Å²) in [5.74, 6) is -2.80. The first kappa shape index (κ1) is 24.4. The van der Waals surface area contributed by atoms with Crippen LogP contribution in [0, 0.1) is 5.92 Å². The molecule has 168 valence electrons. The SMILES string of the molecule is CC(C)(C)c1ccc(NC(=O)[C@H](NC(=O)C(O)C(F)(F)F)C2CCOCC2)cc1Cl. The van der Waals surface area contributed by atoms with Gasteiger partial charge < -0.3 is 20.5 Å². The van der Waals surface area contributed by atoms with Crippen molar-refractivity contribution >= 4 is 29.1 Å². The van der Waals surface area contributed by atoms with Crippen molar-refractivity contribution in [1.82, 2.24) is 5.32 Å². The summed E-state index contributed by atoms with van der Waals surface area (Å²) in [6.07, 6.45) is -7.58. The van der Waals surface area contributed by atoms with Gasteiger partial charge in [0.15, 0.2) is 0 Å². The molecular weight excluding hydrogens is 425 g/mol. The largest absolute Gasteiger partial charge is 0.423 e. The van der Waals surface area contributed by atoms with Crippen molar-refractivity contribution < 1.29 is 32.6 Å². The third kappa shape index (κ3) is 6.33. The minimum atomic E-state index is -5.13. The molecule has 0 aliphatic carbocycles. The molecule has 1 aliphatic rings. The van der Waals surface area contributed by atoms with Gasteiger partial charge in [-0.2, -0.15) is 13.2 Å². The van der Waals surface area contributed by atoms with Gasteiger partial charge in [0.1, 0.15) is 6.04 Å². The summed E-state index contributed by atoms with van der Waals surface area (Å²) in [5, 5.41) is 14.3. The zero-order valence-electron chi connectivity index (χ0n) is 17.0. The van der Waals surface area contributed by atoms with E-state index in [1.807, 2.05) is 20.8 Å². The fourth-order valence-electron chi connectivity index (χ4n) is 3.25. The van der Waals surface area contributed by atoms with E-state index < -0.39 is 36.1 Å². The number of carbonyl (C=O) groups is 2. The Kier molecular flexibility index (Phi) is 7.76. The van der Waals surface area contributed by atoms with Gasteiger partial charge in [0.25, 0.3) is 5.91 Å². The average Bonchev–Trinajstić information content (AvgIpc) is 2.64. The molecule has 1 aromatic carbocycles. The maximum Gasteiger partial charge on any atom is 0.423 e. The van der Waals surface area contributed by atoms with E-state index in [1.54, 1.807) is 18.2 Å². The van der Waals surface area contributed by atoms with Crippen LogP contribution in [0.3, 0.4) is 0 Å². The second-order valence-electron chi connectivity index (χ2n) is 8.31. The summed E-state index contributed by atoms with van der Waals surface area (Å²) in [6.45, 7) is 6.58. The number of alkyl halides is 3. The van der Waals surface area contributed by atoms with Crippen LogP contribution in [0.2, 0.25) is 5.02 Å². The number of hydrogen-bond acceptors (Lipinski definition) is 4. The molecular formula is C20H26ClF3N2O4. The van der Waals surface area contributed by atoms with Crippen molar-refractivity contribution in [3.05, 3.63) is 28.8 Å². The molecule has 0 spiro atoms. The fraction of sp³-hybridized carbons (Fsp3) is 0.600. The van der Waals surface area contributed by atoms with Gasteiger partial charge in [0.2, 0.25) is 12.0 Å². The molecule has 10 heteroatoms. The molecule has 3 N–H and O–H groups in total. The van der Waals surface area contributed by atoms with Gasteiger partial charge in [-0.05, 0) is 41.9 Å². The van der Waals surface area contributed by atoms with E-state index >= 15 is 0 Å². The number of rotatable bonds is 5. The van der Waals surface area contributed by atoms with Gasteiger partial charge in [0.05, 0.1) is 0 Å². The lowest BCUT2D eigenvalue weighted by Crippen LogP contribution is -2.54. The van der Waals surface area contributed by atoms with Crippen LogP contribution in [-0.4, -0.2) is 48.5 Å². The summed E-state index contributed by atoms with van der Waals surface area (Å²) in [5.41, 5.74) is 0.997. The number of carbonyl (C=O) groups excluding carboxylic acids is 2. The molecule has 1 aliphatic heterocycles. The zero-order chi connectivity index (χ0) is 22.7. The Morgan fingerprint density at radius 3 is 2.27 bits per heavy atom. The summed E-state index contributed by atoms with van der Waals surface area (Å²) in [7, 11) is 0. The van der Waals surface area contributed by atoms with Crippen LogP contribution < -0.4 is 10.6 Å². The normalized spacial score (nSPS) is 17.9. The summed E-state index contributed by atoms with van der Waals surface area (Å²) in [6, 6.07) is 3.68. The molecule has 30 heavy (non-hydrogen) atoms. The Morgan fingerprint density at radius 2 is 1.77 bits per heavy atom. The highest BCUT2D eigenvalue weighted by molar-refractivity contribution is 6.31. The van der Waals surface area contributed by atoms with E-state index in [0.717, 1.165) is 5.56 Å². The predicted molar refractivity (Wildman–Crippen MR) is 106 cm³/mol. The Bertz CT molecular complexity index is 774. The van der Waals surface area contributed by atoms with Gasteiger partial charge in [-0.3, -0.25) is 9.59 Å². The highest BCUT2D eigenvalue weighted by Gasteiger charge is 2.45. The second kappa shape index (κ2) is 9.53. The molecule has 0 saturated carbocycles. The van der Waals surface area contributed by atoms with Gasteiger partial charge in [-0.25, -0.2) is 0 Å². The third-order valence-electron chi connectivity index (χ3n) is 4.92. The summed E-state index contributed by atoms with van der Waals surface area (Å²) >= 11 is 6.31. The van der Waals surface area contributed by atoms with Gasteiger partial charge in [0, 0.05) is 23.9 Å². The standard InChI is InChI=1S/C20H26ClF3N2O4/c1-19(2,3)13-5-4-12(10-14(13)21)25-17(28)15(11-6-8-30-9-7-11)26-18(29)16(27)20(22,23)24/h4-5,10-11,15-16,27H,6-9H2,1-3H3,(H,25,28)(H,26,29)/t15-,16?/m1/s1. The van der Waals surface area contributed by atoms with Gasteiger partial charge in [-0.1, -0.05) is 38.4 Å². The highest BCUT2D eigenvalue weighted by atomic mass is 35.5. The number of nitrogens with one attached hydrogen (secondary N) is 2. The van der Waals surface area contributed by atoms with Crippen molar-refractivity contribution in [1.29, 1.82) is 0 Å². The quantitative estimate of drug-likeness (QED) is 0.641. The number of hydrogen-bond donors (Lipinski definition) is 3. The summed E-state index contributed by atoms with van der Waals surface area (Å²) in [4.78, 5) is 24.7. The first-order chi connectivity index (χ1) is 13.8. The smallest absolute Gasteiger partial charge is 0.381 e. The Morgan fingerprint density at radius 1 is 1.17 bits per heavy atom. The lowest BCUT2D eigenvalue weighted by Gasteiger charge is -2.31. The van der Waals surface area contributed by atoms with Crippen molar-refractivity contribution in [3.8, 4) is 0 Å². The number of halogens is 4. The molecule has 6 nitrogen and oxygen atoms in total. The number of benzene rings is 1. The predicted octanol–water partition coefficient (Wildman–Crippen LogP) is 3.41. The first-order valence-corrected chi connectivity index (χ1v) is 9.92. The Balaban J connectivity index is 2.20. The second-order valence-corrected chi connectivity index (χ2v) is 8.72. The minimum Gasteiger partial charge on any atom is -0.381 e. The maximum atomic E-state index is 12.8. The number of ether oxygens (including phenoxy) is 1. The Labute approximate surface area is 178 Å². The lowest BCUT2D eigenvalue weighted by atomic mass is 9.87. The molecule has 1 fully saturated rings. The van der Waals surface area contributed by atoms with Crippen LogP contribution >= 0.6 is 11.6 Å². The first-order valence-electron chi connectivity index (χ1n) is 9.54. The van der Waals surface area contributed by atoms with Crippen molar-refractivity contribution in [2.24, 2.45) is 5.92 Å². The molecule has 1 heterocycles. The molecule has 2 atom stereocenters. The molecule has 2 rings (SSSR count). The van der Waals surface area contributed by atoms with Crippen LogP contribution in [0.25, 0.3) is 0 Å². The fourth-order valence-corrected chi connectivity index (χ4v) is 3.71. The number of anilines is 1. The van der Waals surface area contributed by atoms with E-state index in [1.165, 1.54) is 0 Å². The van der Waals surface area contributed by atoms with Crippen LogP contribution in [-0.2, 0) is 19.7 Å². The zero-order valence-corrected chi connectivity index (χ0v) is 17.7. The van der Waals surface area contributed by atoms with Crippen LogP contribution in [0.5, 0.6) is 0 Å². The monoisotopic (exact) mass is 450 g/mol. The topological polar surface area (TPSA) is 87.7 Å². The molecule has 1 aromatic rings. The molecule has 0 radical (unpaired) electrons.